The average Bonchev–Trinajstić information content (AvgIpc) is 3.22. The van der Waals surface area contributed by atoms with Gasteiger partial charge in [0.05, 0.1) is 18.3 Å². The maximum Gasteiger partial charge on any atom is 0.322 e. The van der Waals surface area contributed by atoms with Gasteiger partial charge in [-0.1, -0.05) is 65.7 Å². The van der Waals surface area contributed by atoms with E-state index in [-0.39, 0.29) is 12.1 Å². The van der Waals surface area contributed by atoms with E-state index in [0.29, 0.717) is 11.6 Å². The molecule has 2 amide bonds. The van der Waals surface area contributed by atoms with E-state index in [0.717, 1.165) is 33.8 Å². The summed E-state index contributed by atoms with van der Waals surface area (Å²) in [5.74, 6) is 0. The van der Waals surface area contributed by atoms with Crippen molar-refractivity contribution in [1.29, 1.82) is 0 Å². The van der Waals surface area contributed by atoms with Crippen molar-refractivity contribution in [2.24, 2.45) is 0 Å². The molecule has 1 aromatic heterocycles. The molecule has 32 heavy (non-hydrogen) atoms. The lowest BCUT2D eigenvalue weighted by molar-refractivity contribution is 0.194. The van der Waals surface area contributed by atoms with Gasteiger partial charge >= 0.3 is 6.03 Å². The number of fused-ring (bicyclic) bond motifs is 3. The smallest absolute Gasteiger partial charge is 0.318 e. The standard InChI is InChI=1S/C27H24ClN3O/c1-18-12-14-20(15-13-18)26-25-11-6-16-30(25)24-10-4-3-7-21(24)17-31(26)27(32)29-23-9-5-8-22(28)19(23)2/h3-16,26H,17H2,1-2H3,(H,29,32)/t26-/m0/s1. The summed E-state index contributed by atoms with van der Waals surface area (Å²) >= 11 is 6.30. The largest absolute Gasteiger partial charge is 0.322 e. The van der Waals surface area contributed by atoms with Gasteiger partial charge in [-0.25, -0.2) is 4.79 Å². The van der Waals surface area contributed by atoms with Crippen LogP contribution < -0.4 is 5.32 Å². The van der Waals surface area contributed by atoms with E-state index in [2.05, 4.69) is 65.5 Å². The van der Waals surface area contributed by atoms with Gasteiger partial charge < -0.3 is 14.8 Å². The van der Waals surface area contributed by atoms with E-state index in [1.54, 1.807) is 0 Å². The van der Waals surface area contributed by atoms with Crippen molar-refractivity contribution in [2.45, 2.75) is 26.4 Å². The topological polar surface area (TPSA) is 37.3 Å². The van der Waals surface area contributed by atoms with E-state index in [1.165, 1.54) is 5.56 Å². The van der Waals surface area contributed by atoms with Crippen molar-refractivity contribution < 1.29 is 4.79 Å². The van der Waals surface area contributed by atoms with Crippen LogP contribution in [0, 0.1) is 13.8 Å². The number of para-hydroxylation sites is 1. The van der Waals surface area contributed by atoms with Crippen molar-refractivity contribution in [1.82, 2.24) is 9.47 Å². The molecule has 4 nitrogen and oxygen atoms in total. The fourth-order valence-electron chi connectivity index (χ4n) is 4.37. The molecule has 5 heteroatoms. The summed E-state index contributed by atoms with van der Waals surface area (Å²) in [6, 6.07) is 26.0. The Kier molecular flexibility index (Phi) is 5.24. The fourth-order valence-corrected chi connectivity index (χ4v) is 4.54. The van der Waals surface area contributed by atoms with Gasteiger partial charge in [0.1, 0.15) is 0 Å². The first kappa shape index (κ1) is 20.4. The van der Waals surface area contributed by atoms with Gasteiger partial charge in [-0.05, 0) is 60.9 Å². The van der Waals surface area contributed by atoms with Crippen molar-refractivity contribution in [3.05, 3.63) is 118 Å². The predicted octanol–water partition coefficient (Wildman–Crippen LogP) is 6.88. The molecule has 0 saturated heterocycles. The summed E-state index contributed by atoms with van der Waals surface area (Å²) in [7, 11) is 0. The van der Waals surface area contributed by atoms with Gasteiger partial charge in [0, 0.05) is 22.6 Å². The van der Waals surface area contributed by atoms with Crippen LogP contribution in [0.1, 0.15) is 34.0 Å². The first-order chi connectivity index (χ1) is 15.5. The van der Waals surface area contributed by atoms with Crippen LogP contribution in [0.2, 0.25) is 5.02 Å². The number of aromatic nitrogens is 1. The van der Waals surface area contributed by atoms with E-state index in [4.69, 9.17) is 11.6 Å². The van der Waals surface area contributed by atoms with Gasteiger partial charge in [-0.2, -0.15) is 0 Å². The van der Waals surface area contributed by atoms with Crippen LogP contribution in [0.3, 0.4) is 0 Å². The first-order valence-electron chi connectivity index (χ1n) is 10.7. The lowest BCUT2D eigenvalue weighted by Gasteiger charge is -2.31. The van der Waals surface area contributed by atoms with Crippen molar-refractivity contribution in [3.8, 4) is 5.69 Å². The number of hydrogen-bond donors (Lipinski definition) is 1. The Bertz CT molecular complexity index is 1290. The number of halogens is 1. The fraction of sp³-hybridized carbons (Fsp3) is 0.148. The minimum absolute atomic E-state index is 0.162. The minimum Gasteiger partial charge on any atom is -0.318 e. The molecule has 0 spiro atoms. The second-order valence-electron chi connectivity index (χ2n) is 8.22. The van der Waals surface area contributed by atoms with E-state index >= 15 is 0 Å². The van der Waals surface area contributed by atoms with Crippen LogP contribution in [0.4, 0.5) is 10.5 Å². The van der Waals surface area contributed by atoms with Crippen LogP contribution >= 0.6 is 11.6 Å². The molecule has 1 aliphatic rings. The number of nitrogens with zero attached hydrogens (tertiary/aromatic N) is 2. The summed E-state index contributed by atoms with van der Waals surface area (Å²) in [6.45, 7) is 4.47. The number of carbonyl (C=O) groups is 1. The second kappa shape index (κ2) is 8.21. The zero-order valence-corrected chi connectivity index (χ0v) is 18.8. The summed E-state index contributed by atoms with van der Waals surface area (Å²) in [6.07, 6.45) is 2.07. The second-order valence-corrected chi connectivity index (χ2v) is 8.62. The summed E-state index contributed by atoms with van der Waals surface area (Å²) in [5, 5.41) is 3.74. The van der Waals surface area contributed by atoms with Gasteiger partial charge in [-0.15, -0.1) is 0 Å². The van der Waals surface area contributed by atoms with Crippen LogP contribution in [0.5, 0.6) is 0 Å². The van der Waals surface area contributed by atoms with E-state index in [9.17, 15) is 4.79 Å². The molecule has 0 aliphatic carbocycles. The molecule has 1 atom stereocenters. The number of urea groups is 1. The third kappa shape index (κ3) is 3.57. The molecule has 0 radical (unpaired) electrons. The molecular weight excluding hydrogens is 418 g/mol. The van der Waals surface area contributed by atoms with Crippen LogP contribution in [0.25, 0.3) is 5.69 Å². The van der Waals surface area contributed by atoms with E-state index < -0.39 is 0 Å². The van der Waals surface area contributed by atoms with Crippen LogP contribution in [-0.4, -0.2) is 15.5 Å². The zero-order chi connectivity index (χ0) is 22.2. The maximum absolute atomic E-state index is 13.7. The minimum atomic E-state index is -0.238. The zero-order valence-electron chi connectivity index (χ0n) is 18.0. The molecule has 2 heterocycles. The monoisotopic (exact) mass is 441 g/mol. The van der Waals surface area contributed by atoms with Crippen molar-refractivity contribution in [3.63, 3.8) is 0 Å². The summed E-state index contributed by atoms with van der Waals surface area (Å²) in [4.78, 5) is 15.6. The highest BCUT2D eigenvalue weighted by atomic mass is 35.5. The van der Waals surface area contributed by atoms with E-state index in [1.807, 2.05) is 48.2 Å². The van der Waals surface area contributed by atoms with Crippen LogP contribution in [0.15, 0.2) is 85.1 Å². The molecule has 1 N–H and O–H groups in total. The summed E-state index contributed by atoms with van der Waals surface area (Å²) < 4.78 is 2.19. The van der Waals surface area contributed by atoms with Gasteiger partial charge in [0.25, 0.3) is 0 Å². The molecule has 1 aliphatic heterocycles. The number of carbonyl (C=O) groups excluding carboxylic acids is 1. The number of hydrogen-bond acceptors (Lipinski definition) is 1. The quantitative estimate of drug-likeness (QED) is 0.361. The summed E-state index contributed by atoms with van der Waals surface area (Å²) in [5.41, 5.74) is 7.08. The molecule has 0 bridgehead atoms. The Morgan fingerprint density at radius 1 is 0.938 bits per heavy atom. The normalized spacial score (nSPS) is 15.0. The van der Waals surface area contributed by atoms with Gasteiger partial charge in [-0.3, -0.25) is 0 Å². The van der Waals surface area contributed by atoms with Gasteiger partial charge in [0.2, 0.25) is 0 Å². The molecule has 3 aromatic carbocycles. The number of aryl methyl sites for hydroxylation is 1. The average molecular weight is 442 g/mol. The Balaban J connectivity index is 1.64. The van der Waals surface area contributed by atoms with Crippen LogP contribution in [-0.2, 0) is 6.54 Å². The number of rotatable bonds is 2. The highest BCUT2D eigenvalue weighted by molar-refractivity contribution is 6.31. The van der Waals surface area contributed by atoms with Crippen molar-refractivity contribution >= 4 is 23.3 Å². The lowest BCUT2D eigenvalue weighted by atomic mass is 10.0. The third-order valence-electron chi connectivity index (χ3n) is 6.13. The molecule has 0 fully saturated rings. The number of nitrogens with one attached hydrogen (secondary N) is 1. The number of benzene rings is 3. The maximum atomic E-state index is 13.7. The molecule has 5 rings (SSSR count). The Morgan fingerprint density at radius 3 is 2.53 bits per heavy atom. The molecule has 0 unspecified atom stereocenters. The molecular formula is C27H24ClN3O. The predicted molar refractivity (Wildman–Crippen MR) is 130 cm³/mol. The lowest BCUT2D eigenvalue weighted by Crippen LogP contribution is -2.38. The Labute approximate surface area is 193 Å². The SMILES string of the molecule is Cc1ccc([C@H]2c3cccn3-c3ccccc3CN2C(=O)Nc2cccc(Cl)c2C)cc1. The molecule has 4 aromatic rings. The number of amides is 2. The third-order valence-corrected chi connectivity index (χ3v) is 6.54. The molecule has 0 saturated carbocycles. The number of anilines is 1. The first-order valence-corrected chi connectivity index (χ1v) is 11.1. The molecule has 160 valence electrons. The highest BCUT2D eigenvalue weighted by Crippen LogP contribution is 2.37. The van der Waals surface area contributed by atoms with Crippen molar-refractivity contribution in [2.75, 3.05) is 5.32 Å². The Morgan fingerprint density at radius 2 is 1.72 bits per heavy atom. The highest BCUT2D eigenvalue weighted by Gasteiger charge is 2.33. The Hall–Kier alpha value is -3.50. The van der Waals surface area contributed by atoms with Gasteiger partial charge in [0.15, 0.2) is 0 Å².